The number of thioether (sulfide) groups is 1. The SMILES string of the molecule is CCCCNC[C@H]1O[C@@H](n2cc(Br)c(N)nc2=O)C(F)(F)[C@@H]1O.CCOC(=O)C(CC)NC[C@H]1O[C@@H](n2ccc(N)nc2=O)C(F)(F)[C@@H]1O.COCC(C)NC[C@H]1O[C@@H](n2ccc(N)nc2=O)C(F)(F)[C@@H]1O.COCCNC[C@H]1O[C@@H](n2ccc(N)nc2=O)[C@H](OC)[C@@H]1O.COc1ccccc1NC[C@H]1O[C@@H](n2ccc(N)nc2=O)C(F)(F)[C@@H]1O.CSCCNC[C@H]1O[C@@H](n2ccc(N)nc2=O)C(F)(F)[C@@H]1O. The Kier molecular flexibility index (Phi) is 43.6. The molecule has 0 spiro atoms. The van der Waals surface area contributed by atoms with Crippen LogP contribution >= 0.6 is 27.7 Å². The summed E-state index contributed by atoms with van der Waals surface area (Å²) >= 11 is 4.64. The molecule has 12 heterocycles. The number of nitrogens with one attached hydrogen (secondary N) is 6. The molecule has 0 saturated carbocycles. The Morgan fingerprint density at radius 1 is 0.486 bits per heavy atom. The molecular formula is C82H119BrF10N24O24S. The van der Waals surface area contributed by atoms with Crippen molar-refractivity contribution < 1.29 is 131 Å². The van der Waals surface area contributed by atoms with Gasteiger partial charge in [-0.05, 0) is 97.9 Å². The minimum absolute atomic E-state index is 0.0189. The van der Waals surface area contributed by atoms with E-state index >= 15 is 0 Å². The van der Waals surface area contributed by atoms with Gasteiger partial charge in [-0.3, -0.25) is 32.2 Å². The number of nitrogen functional groups attached to an aromatic ring is 6. The van der Waals surface area contributed by atoms with Gasteiger partial charge in [0.25, 0.3) is 0 Å². The summed E-state index contributed by atoms with van der Waals surface area (Å²) in [4.78, 5) is 103. The first-order valence-corrected chi connectivity index (χ1v) is 46.1. The maximum atomic E-state index is 14.4. The van der Waals surface area contributed by atoms with Crippen molar-refractivity contribution in [3.63, 3.8) is 0 Å². The minimum atomic E-state index is -3.74. The fourth-order valence-electron chi connectivity index (χ4n) is 14.6. The number of hydrogen-bond acceptors (Lipinski definition) is 43. The van der Waals surface area contributed by atoms with Crippen molar-refractivity contribution in [2.75, 3.05) is 159 Å². The monoisotopic (exact) mass is 2120 g/mol. The molecule has 0 radical (unpaired) electrons. The van der Waals surface area contributed by atoms with Crippen molar-refractivity contribution in [1.29, 1.82) is 0 Å². The van der Waals surface area contributed by atoms with E-state index in [1.807, 2.05) is 13.2 Å². The van der Waals surface area contributed by atoms with Crippen LogP contribution in [0.1, 0.15) is 84.3 Å². The molecule has 1 aromatic carbocycles. The van der Waals surface area contributed by atoms with Crippen LogP contribution in [0.2, 0.25) is 0 Å². The van der Waals surface area contributed by atoms with Crippen molar-refractivity contribution in [1.82, 2.24) is 83.9 Å². The lowest BCUT2D eigenvalue weighted by Gasteiger charge is -2.21. The molecule has 24 N–H and O–H groups in total. The van der Waals surface area contributed by atoms with Crippen LogP contribution in [0.5, 0.6) is 5.75 Å². The molecule has 6 aliphatic heterocycles. The number of aliphatic hydroxyl groups is 6. The maximum absolute atomic E-state index is 14.4. The first-order chi connectivity index (χ1) is 67.1. The van der Waals surface area contributed by atoms with Crippen molar-refractivity contribution in [3.8, 4) is 5.75 Å². The lowest BCUT2D eigenvalue weighted by Crippen LogP contribution is -2.46. The molecule has 6 aromatic heterocycles. The predicted octanol–water partition coefficient (Wildman–Crippen LogP) is -1.29. The van der Waals surface area contributed by atoms with Crippen molar-refractivity contribution >= 4 is 74.3 Å². The van der Waals surface area contributed by atoms with Gasteiger partial charge in [-0.25, -0.2) is 28.8 Å². The van der Waals surface area contributed by atoms with Crippen LogP contribution in [0.25, 0.3) is 0 Å². The number of methoxy groups -OCH3 is 4. The van der Waals surface area contributed by atoms with E-state index in [1.54, 1.807) is 63.9 Å². The van der Waals surface area contributed by atoms with Gasteiger partial charge in [-0.2, -0.15) is 85.6 Å². The molecule has 6 saturated heterocycles. The van der Waals surface area contributed by atoms with E-state index in [9.17, 15) is 108 Å². The van der Waals surface area contributed by atoms with Gasteiger partial charge in [0.15, 0.2) is 6.23 Å². The van der Waals surface area contributed by atoms with Crippen LogP contribution in [-0.4, -0.2) is 334 Å². The second-order valence-corrected chi connectivity index (χ2v) is 34.1. The number of rotatable bonds is 37. The fraction of sp³-hybridized carbons (Fsp3) is 0.622. The van der Waals surface area contributed by atoms with Crippen LogP contribution in [-0.2, 0) is 52.2 Å². The quantitative estimate of drug-likeness (QED) is 0.0122. The Morgan fingerprint density at radius 2 is 0.859 bits per heavy atom. The Morgan fingerprint density at radius 3 is 1.24 bits per heavy atom. The van der Waals surface area contributed by atoms with Gasteiger partial charge in [0.2, 0.25) is 31.1 Å². The third-order valence-electron chi connectivity index (χ3n) is 22.2. The number of aliphatic hydroxyl groups excluding tert-OH is 6. The number of benzene rings is 1. The van der Waals surface area contributed by atoms with E-state index in [1.165, 1.54) is 62.4 Å². The summed E-state index contributed by atoms with van der Waals surface area (Å²) < 4.78 is 205. The molecule has 2 unspecified atom stereocenters. The molecular weight excluding hydrogens is 2010 g/mol. The Balaban J connectivity index is 0.000000209. The van der Waals surface area contributed by atoms with Crippen LogP contribution in [0.4, 0.5) is 84.5 Å². The number of alkyl halides is 10. The van der Waals surface area contributed by atoms with Gasteiger partial charge in [0.05, 0.1) is 37.1 Å². The molecule has 6 fully saturated rings. The standard InChI is InChI=1S/C16H18F2N4O4.C15H22F2N4O5.C13H19BrF2N4O3.C13H20F2N4O4.C13H22N4O5.C12H18F2N4O3S/c1-25-10-5-3-2-4-9(10)20-8-11-13(23)16(17,18)14(26-11)22-7-6-12(19)21-15(22)24;1-3-8(12(23)25-4-2)19-7-9-11(22)15(16,17)13(26-9)21-6-5-10(18)20-14(21)24;1-2-3-4-18-5-8-9(21)13(15,16)11(23-8)20-6-7(14)10(17)19-12(20)22;1-7(6-22-2)17-5-8-10(20)13(14,15)11(23-8)19-4-3-9(16)18-12(19)21;1-20-6-4-15-7-8-10(18)11(21-2)12(22-8)17-5-3-9(14)16-13(17)19;1-22-5-3-16-6-7-9(19)12(13,14)10(21-7)18-4-2-8(15)17-11(18)20/h2-7,11,13-14,20,23H,8H2,1H3,(H2,19,21,24);5-6,8-9,11,13,19,22H,3-4,7H2,1-2H3,(H2,18,20,24);6,8-9,11,18,21H,2-5H2,1H3,(H2,17,19,22);3-4,7-8,10-11,17,20H,5-6H2,1-2H3,(H2,16,18,21);3,5,8,10-12,15,18H,4,6-7H2,1-2H3,(H2,14,16,19);2,4,7,9-10,16,19H,3,5-6H2,1H3,(H2,15,17,20)/t11-,13-,14-;8?,9-,11-,13-;8-,9-,11-;7?,8-,10-,11-;8-,10-,11-,12-;7-,9-,10-/m111111/s1. The number of ether oxygens (including phenoxy) is 11. The summed E-state index contributed by atoms with van der Waals surface area (Å²) in [6.07, 6.45) is -18.1. The van der Waals surface area contributed by atoms with E-state index < -0.39 is 192 Å². The summed E-state index contributed by atoms with van der Waals surface area (Å²) in [5.74, 6) is -17.8. The number of carbonyl (C=O) groups excluding carboxylic acids is 1. The van der Waals surface area contributed by atoms with E-state index in [2.05, 4.69) is 77.7 Å². The van der Waals surface area contributed by atoms with Crippen LogP contribution < -0.4 is 105 Å². The highest BCUT2D eigenvalue weighted by molar-refractivity contribution is 9.10. The Hall–Kier alpha value is -10.3. The number of aromatic nitrogens is 12. The number of esters is 1. The molecule has 48 nitrogen and oxygen atoms in total. The average Bonchev–Trinajstić information content (AvgIpc) is 1.64. The number of anilines is 7. The smallest absolute Gasteiger partial charge is 0.351 e. The van der Waals surface area contributed by atoms with Crippen LogP contribution in [0.3, 0.4) is 0 Å². The number of carbonyl (C=O) groups is 1. The van der Waals surface area contributed by atoms with Crippen molar-refractivity contribution in [3.05, 3.63) is 159 Å². The highest BCUT2D eigenvalue weighted by Crippen LogP contribution is 2.47. The molecule has 60 heteroatoms. The van der Waals surface area contributed by atoms with Gasteiger partial charge < -0.3 is 149 Å². The summed E-state index contributed by atoms with van der Waals surface area (Å²) in [5, 5.41) is 77.2. The molecule has 13 rings (SSSR count). The second-order valence-electron chi connectivity index (χ2n) is 32.3. The molecule has 794 valence electrons. The van der Waals surface area contributed by atoms with Crippen molar-refractivity contribution in [2.45, 2.75) is 205 Å². The number of nitrogens with two attached hydrogens (primary N) is 6. The van der Waals surface area contributed by atoms with Gasteiger partial charge in [-0.15, -0.1) is 0 Å². The van der Waals surface area contributed by atoms with Gasteiger partial charge >= 0.3 is 69.7 Å². The zero-order chi connectivity index (χ0) is 105. The lowest BCUT2D eigenvalue weighted by atomic mass is 10.1. The van der Waals surface area contributed by atoms with E-state index in [-0.39, 0.29) is 84.8 Å². The third-order valence-corrected chi connectivity index (χ3v) is 23.4. The molecule has 0 amide bonds. The number of nitrogens with zero attached hydrogens (tertiary/aromatic N) is 12. The lowest BCUT2D eigenvalue weighted by molar-refractivity contribution is -0.146. The molecule has 21 atom stereocenters. The Bertz CT molecular complexity index is 5570. The molecule has 142 heavy (non-hydrogen) atoms. The topological polar surface area (TPSA) is 678 Å². The molecule has 6 aliphatic rings. The highest BCUT2D eigenvalue weighted by Gasteiger charge is 2.64. The van der Waals surface area contributed by atoms with E-state index in [0.29, 0.717) is 80.1 Å². The van der Waals surface area contributed by atoms with Crippen molar-refractivity contribution in [2.24, 2.45) is 0 Å². The summed E-state index contributed by atoms with van der Waals surface area (Å²) in [6.45, 7) is 10.3. The normalized spacial score (nSPS) is 26.6. The van der Waals surface area contributed by atoms with Gasteiger partial charge in [0.1, 0.15) is 126 Å². The Labute approximate surface area is 815 Å². The first kappa shape index (κ1) is 117. The molecule has 0 aliphatic carbocycles. The second kappa shape index (κ2) is 53.0. The zero-order valence-electron chi connectivity index (χ0n) is 78.0. The molecule has 0 bridgehead atoms. The van der Waals surface area contributed by atoms with Crippen LogP contribution in [0, 0.1) is 0 Å². The molecule has 7 aromatic rings. The number of unbranched alkanes of at least 4 members (excludes halogenated alkanes) is 1. The van der Waals surface area contributed by atoms with E-state index in [0.717, 1.165) is 49.6 Å². The van der Waals surface area contributed by atoms with Crippen LogP contribution in [0.15, 0.2) is 125 Å². The highest BCUT2D eigenvalue weighted by atomic mass is 79.9. The largest absolute Gasteiger partial charge is 0.495 e. The zero-order valence-corrected chi connectivity index (χ0v) is 80.4. The summed E-state index contributed by atoms with van der Waals surface area (Å²) in [5.41, 5.74) is 27.4. The average molecular weight is 2130 g/mol. The maximum Gasteiger partial charge on any atom is 0.351 e. The number of para-hydroxylation sites is 2. The summed E-state index contributed by atoms with van der Waals surface area (Å²) in [7, 11) is 6.07. The predicted molar refractivity (Wildman–Crippen MR) is 494 cm³/mol. The third kappa shape index (κ3) is 29.3. The summed E-state index contributed by atoms with van der Waals surface area (Å²) in [6, 6.07) is 12.4. The number of hydrogen-bond donors (Lipinski definition) is 18. The minimum Gasteiger partial charge on any atom is -0.495 e. The van der Waals surface area contributed by atoms with Gasteiger partial charge in [-0.1, -0.05) is 32.4 Å². The first-order valence-electron chi connectivity index (χ1n) is 43.9. The fourth-order valence-corrected chi connectivity index (χ4v) is 15.3. The van der Waals surface area contributed by atoms with Gasteiger partial charge in [0, 0.05) is 123 Å². The van der Waals surface area contributed by atoms with E-state index in [4.69, 9.17) is 86.5 Å². The number of halogens is 11.